The van der Waals surface area contributed by atoms with Crippen molar-refractivity contribution in [3.63, 3.8) is 0 Å². The first-order chi connectivity index (χ1) is 11.6. The molecular formula is C20H23NO3. The number of benzene rings is 2. The van der Waals surface area contributed by atoms with Crippen molar-refractivity contribution in [1.82, 2.24) is 4.90 Å². The number of methoxy groups -OCH3 is 1. The van der Waals surface area contributed by atoms with Gasteiger partial charge in [0, 0.05) is 19.2 Å². The highest BCUT2D eigenvalue weighted by Crippen LogP contribution is 2.30. The molecule has 0 aromatic heterocycles. The van der Waals surface area contributed by atoms with E-state index in [-0.39, 0.29) is 5.91 Å². The molecule has 1 aliphatic rings. The number of carbonyl (C=O) groups is 1. The molecule has 1 aliphatic heterocycles. The van der Waals surface area contributed by atoms with Gasteiger partial charge in [0.25, 0.3) is 5.91 Å². The Morgan fingerprint density at radius 3 is 2.62 bits per heavy atom. The van der Waals surface area contributed by atoms with E-state index in [0.717, 1.165) is 11.1 Å². The Bertz CT molecular complexity index is 701. The lowest BCUT2D eigenvalue weighted by molar-refractivity contribution is -0.0931. The average Bonchev–Trinajstić information content (AvgIpc) is 2.63. The SMILES string of the molecule is COCc1ccccc1C(=O)N1CCOC(C)(c2ccccc2)C1. The molecule has 2 aromatic rings. The molecule has 1 atom stereocenters. The van der Waals surface area contributed by atoms with Crippen LogP contribution in [0, 0.1) is 0 Å². The van der Waals surface area contributed by atoms with Crippen LogP contribution in [0.25, 0.3) is 0 Å². The van der Waals surface area contributed by atoms with Crippen LogP contribution in [0.1, 0.15) is 28.4 Å². The summed E-state index contributed by atoms with van der Waals surface area (Å²) in [5.74, 6) is 0.0353. The third kappa shape index (κ3) is 3.35. The predicted molar refractivity (Wildman–Crippen MR) is 92.8 cm³/mol. The van der Waals surface area contributed by atoms with Crippen molar-refractivity contribution in [2.75, 3.05) is 26.8 Å². The number of hydrogen-bond acceptors (Lipinski definition) is 3. The standard InChI is InChI=1S/C20H23NO3/c1-20(17-9-4-3-5-10-17)15-21(12-13-24-20)19(22)18-11-7-6-8-16(18)14-23-2/h3-11H,12-15H2,1-2H3. The molecule has 0 spiro atoms. The van der Waals surface area contributed by atoms with Crippen LogP contribution >= 0.6 is 0 Å². The summed E-state index contributed by atoms with van der Waals surface area (Å²) in [6, 6.07) is 17.7. The summed E-state index contributed by atoms with van der Waals surface area (Å²) in [5.41, 5.74) is 2.23. The van der Waals surface area contributed by atoms with E-state index in [1.165, 1.54) is 0 Å². The summed E-state index contributed by atoms with van der Waals surface area (Å²) in [5, 5.41) is 0. The molecule has 1 heterocycles. The fourth-order valence-electron chi connectivity index (χ4n) is 3.19. The highest BCUT2D eigenvalue weighted by atomic mass is 16.5. The maximum absolute atomic E-state index is 13.0. The van der Waals surface area contributed by atoms with E-state index in [4.69, 9.17) is 9.47 Å². The predicted octanol–water partition coefficient (Wildman–Crippen LogP) is 3.22. The molecule has 1 saturated heterocycles. The van der Waals surface area contributed by atoms with Crippen LogP contribution in [0.15, 0.2) is 54.6 Å². The minimum atomic E-state index is -0.481. The third-order valence-corrected chi connectivity index (χ3v) is 4.49. The summed E-state index contributed by atoms with van der Waals surface area (Å²) < 4.78 is 11.2. The van der Waals surface area contributed by atoms with Crippen LogP contribution in [0.5, 0.6) is 0 Å². The number of carbonyl (C=O) groups excluding carboxylic acids is 1. The van der Waals surface area contributed by atoms with Crippen molar-refractivity contribution in [3.8, 4) is 0 Å². The molecular weight excluding hydrogens is 302 g/mol. The van der Waals surface area contributed by atoms with E-state index in [9.17, 15) is 4.79 Å². The van der Waals surface area contributed by atoms with Crippen LogP contribution in [0.3, 0.4) is 0 Å². The zero-order chi connectivity index (χ0) is 17.0. The van der Waals surface area contributed by atoms with Gasteiger partial charge < -0.3 is 14.4 Å². The highest BCUT2D eigenvalue weighted by Gasteiger charge is 2.36. The molecule has 2 aromatic carbocycles. The maximum atomic E-state index is 13.0. The minimum absolute atomic E-state index is 0.0353. The molecule has 1 unspecified atom stereocenters. The maximum Gasteiger partial charge on any atom is 0.254 e. The smallest absolute Gasteiger partial charge is 0.254 e. The van der Waals surface area contributed by atoms with Crippen LogP contribution in [-0.4, -0.2) is 37.6 Å². The lowest BCUT2D eigenvalue weighted by Crippen LogP contribution is -2.50. The number of hydrogen-bond donors (Lipinski definition) is 0. The zero-order valence-electron chi connectivity index (χ0n) is 14.2. The van der Waals surface area contributed by atoms with E-state index < -0.39 is 5.60 Å². The third-order valence-electron chi connectivity index (χ3n) is 4.49. The van der Waals surface area contributed by atoms with Gasteiger partial charge in [0.1, 0.15) is 5.60 Å². The Morgan fingerprint density at radius 2 is 1.88 bits per heavy atom. The topological polar surface area (TPSA) is 38.8 Å². The average molecular weight is 325 g/mol. The van der Waals surface area contributed by atoms with Gasteiger partial charge in [-0.2, -0.15) is 0 Å². The molecule has 4 nitrogen and oxygen atoms in total. The Labute approximate surface area is 143 Å². The van der Waals surface area contributed by atoms with E-state index in [2.05, 4.69) is 0 Å². The summed E-state index contributed by atoms with van der Waals surface area (Å²) in [6.07, 6.45) is 0. The summed E-state index contributed by atoms with van der Waals surface area (Å²) in [7, 11) is 1.64. The molecule has 4 heteroatoms. The number of morpholine rings is 1. The second kappa shape index (κ2) is 7.16. The lowest BCUT2D eigenvalue weighted by Gasteiger charge is -2.41. The quantitative estimate of drug-likeness (QED) is 0.866. The Kier molecular flexibility index (Phi) is 4.97. The lowest BCUT2D eigenvalue weighted by atomic mass is 9.93. The van der Waals surface area contributed by atoms with Crippen LogP contribution < -0.4 is 0 Å². The molecule has 0 aliphatic carbocycles. The van der Waals surface area contributed by atoms with Crippen LogP contribution in [-0.2, 0) is 21.7 Å². The fourth-order valence-corrected chi connectivity index (χ4v) is 3.19. The summed E-state index contributed by atoms with van der Waals surface area (Å²) in [4.78, 5) is 14.9. The van der Waals surface area contributed by atoms with Gasteiger partial charge in [-0.1, -0.05) is 48.5 Å². The van der Waals surface area contributed by atoms with Crippen molar-refractivity contribution in [2.24, 2.45) is 0 Å². The second-order valence-electron chi connectivity index (χ2n) is 6.26. The first-order valence-electron chi connectivity index (χ1n) is 8.20. The van der Waals surface area contributed by atoms with E-state index in [0.29, 0.717) is 31.9 Å². The van der Waals surface area contributed by atoms with Crippen molar-refractivity contribution >= 4 is 5.91 Å². The molecule has 0 bridgehead atoms. The number of nitrogens with zero attached hydrogens (tertiary/aromatic N) is 1. The van der Waals surface area contributed by atoms with Crippen molar-refractivity contribution in [3.05, 3.63) is 71.3 Å². The van der Waals surface area contributed by atoms with Crippen molar-refractivity contribution in [1.29, 1.82) is 0 Å². The van der Waals surface area contributed by atoms with E-state index in [1.54, 1.807) is 7.11 Å². The van der Waals surface area contributed by atoms with Crippen molar-refractivity contribution < 1.29 is 14.3 Å². The fraction of sp³-hybridized carbons (Fsp3) is 0.350. The number of rotatable bonds is 4. The summed E-state index contributed by atoms with van der Waals surface area (Å²) in [6.45, 7) is 4.15. The van der Waals surface area contributed by atoms with Gasteiger partial charge in [0.15, 0.2) is 0 Å². The first kappa shape index (κ1) is 16.7. The molecule has 0 saturated carbocycles. The van der Waals surface area contributed by atoms with E-state index >= 15 is 0 Å². The molecule has 0 N–H and O–H groups in total. The molecule has 0 radical (unpaired) electrons. The van der Waals surface area contributed by atoms with Gasteiger partial charge in [0.05, 0.1) is 19.8 Å². The van der Waals surface area contributed by atoms with Crippen LogP contribution in [0.4, 0.5) is 0 Å². The van der Waals surface area contributed by atoms with Gasteiger partial charge in [-0.15, -0.1) is 0 Å². The highest BCUT2D eigenvalue weighted by molar-refractivity contribution is 5.95. The first-order valence-corrected chi connectivity index (χ1v) is 8.20. The Morgan fingerprint density at radius 1 is 1.17 bits per heavy atom. The Balaban J connectivity index is 1.84. The monoisotopic (exact) mass is 325 g/mol. The largest absolute Gasteiger partial charge is 0.380 e. The molecule has 1 amide bonds. The van der Waals surface area contributed by atoms with Gasteiger partial charge >= 0.3 is 0 Å². The molecule has 24 heavy (non-hydrogen) atoms. The second-order valence-corrected chi connectivity index (χ2v) is 6.26. The minimum Gasteiger partial charge on any atom is -0.380 e. The van der Waals surface area contributed by atoms with Gasteiger partial charge in [-0.3, -0.25) is 4.79 Å². The van der Waals surface area contributed by atoms with Gasteiger partial charge in [-0.05, 0) is 24.1 Å². The van der Waals surface area contributed by atoms with Gasteiger partial charge in [0.2, 0.25) is 0 Å². The molecule has 3 rings (SSSR count). The number of amides is 1. The van der Waals surface area contributed by atoms with Gasteiger partial charge in [-0.25, -0.2) is 0 Å². The molecule has 1 fully saturated rings. The zero-order valence-corrected chi connectivity index (χ0v) is 14.2. The van der Waals surface area contributed by atoms with Crippen LogP contribution in [0.2, 0.25) is 0 Å². The molecule has 126 valence electrons. The number of ether oxygens (including phenoxy) is 2. The normalized spacial score (nSPS) is 20.8. The Hall–Kier alpha value is -2.17. The van der Waals surface area contributed by atoms with E-state index in [1.807, 2.05) is 66.4 Å². The summed E-state index contributed by atoms with van der Waals surface area (Å²) >= 11 is 0. The van der Waals surface area contributed by atoms with Crippen molar-refractivity contribution in [2.45, 2.75) is 19.1 Å².